The van der Waals surface area contributed by atoms with E-state index in [-0.39, 0.29) is 0 Å². The molecular weight excluding hydrogens is 242 g/mol. The molecular formula is C14H19N3S. The summed E-state index contributed by atoms with van der Waals surface area (Å²) < 4.78 is 1.30. The number of anilines is 1. The maximum Gasteiger partial charge on any atom is 0.186 e. The van der Waals surface area contributed by atoms with Gasteiger partial charge in [0.05, 0.1) is 10.2 Å². The first-order valence-corrected chi connectivity index (χ1v) is 7.43. The van der Waals surface area contributed by atoms with Crippen LogP contribution in [0.1, 0.15) is 12.8 Å². The Balaban J connectivity index is 1.72. The monoisotopic (exact) mass is 261 g/mol. The van der Waals surface area contributed by atoms with Crippen LogP contribution in [0.2, 0.25) is 0 Å². The van der Waals surface area contributed by atoms with Crippen molar-refractivity contribution in [3.05, 3.63) is 24.3 Å². The molecule has 1 aromatic carbocycles. The van der Waals surface area contributed by atoms with Crippen molar-refractivity contribution in [2.24, 2.45) is 5.92 Å². The van der Waals surface area contributed by atoms with Gasteiger partial charge in [-0.1, -0.05) is 23.5 Å². The van der Waals surface area contributed by atoms with Crippen molar-refractivity contribution in [1.82, 2.24) is 10.3 Å². The number of fused-ring (bicyclic) bond motifs is 1. The second-order valence-electron chi connectivity index (χ2n) is 4.95. The molecule has 0 unspecified atom stereocenters. The Kier molecular flexibility index (Phi) is 3.48. The topological polar surface area (TPSA) is 28.2 Å². The van der Waals surface area contributed by atoms with Gasteiger partial charge in [-0.05, 0) is 44.5 Å². The number of piperidine rings is 1. The van der Waals surface area contributed by atoms with Crippen LogP contribution in [0, 0.1) is 5.92 Å². The lowest BCUT2D eigenvalue weighted by molar-refractivity contribution is 0.393. The van der Waals surface area contributed by atoms with Crippen molar-refractivity contribution < 1.29 is 0 Å². The van der Waals surface area contributed by atoms with E-state index < -0.39 is 0 Å². The third-order valence-electron chi connectivity index (χ3n) is 3.66. The summed E-state index contributed by atoms with van der Waals surface area (Å²) in [6.45, 7) is 3.44. The summed E-state index contributed by atoms with van der Waals surface area (Å²) in [7, 11) is 2.04. The zero-order valence-electron chi connectivity index (χ0n) is 10.7. The third kappa shape index (κ3) is 2.35. The minimum atomic E-state index is 0.834. The summed E-state index contributed by atoms with van der Waals surface area (Å²) in [5.74, 6) is 0.834. The van der Waals surface area contributed by atoms with Gasteiger partial charge in [-0.15, -0.1) is 0 Å². The van der Waals surface area contributed by atoms with Crippen LogP contribution in [0.5, 0.6) is 0 Å². The highest BCUT2D eigenvalue weighted by molar-refractivity contribution is 7.22. The van der Waals surface area contributed by atoms with Crippen LogP contribution < -0.4 is 10.2 Å². The van der Waals surface area contributed by atoms with Crippen LogP contribution in [-0.4, -0.2) is 31.7 Å². The van der Waals surface area contributed by atoms with E-state index in [9.17, 15) is 0 Å². The molecule has 96 valence electrons. The summed E-state index contributed by atoms with van der Waals surface area (Å²) in [6.07, 6.45) is 2.55. The van der Waals surface area contributed by atoms with Gasteiger partial charge in [0, 0.05) is 13.1 Å². The Morgan fingerprint density at radius 1 is 1.33 bits per heavy atom. The van der Waals surface area contributed by atoms with E-state index in [1.54, 1.807) is 0 Å². The fourth-order valence-electron chi connectivity index (χ4n) is 2.61. The van der Waals surface area contributed by atoms with Crippen molar-refractivity contribution in [2.75, 3.05) is 31.6 Å². The van der Waals surface area contributed by atoms with Gasteiger partial charge in [0.2, 0.25) is 0 Å². The summed E-state index contributed by atoms with van der Waals surface area (Å²) in [4.78, 5) is 7.18. The first-order chi connectivity index (χ1) is 8.86. The van der Waals surface area contributed by atoms with E-state index in [4.69, 9.17) is 4.98 Å². The lowest BCUT2D eigenvalue weighted by Gasteiger charge is -2.31. The SMILES string of the molecule is CNCC1CCN(c2nc3ccccc3s2)CC1. The number of nitrogens with zero attached hydrogens (tertiary/aromatic N) is 2. The summed E-state index contributed by atoms with van der Waals surface area (Å²) in [6, 6.07) is 8.40. The Morgan fingerprint density at radius 2 is 2.11 bits per heavy atom. The predicted molar refractivity (Wildman–Crippen MR) is 78.5 cm³/mol. The van der Waals surface area contributed by atoms with E-state index in [1.807, 2.05) is 18.4 Å². The van der Waals surface area contributed by atoms with Crippen molar-refractivity contribution in [1.29, 1.82) is 0 Å². The maximum absolute atomic E-state index is 4.74. The fraction of sp³-hybridized carbons (Fsp3) is 0.500. The highest BCUT2D eigenvalue weighted by Crippen LogP contribution is 2.31. The molecule has 0 aliphatic carbocycles. The van der Waals surface area contributed by atoms with E-state index in [2.05, 4.69) is 34.5 Å². The standard InChI is InChI=1S/C14H19N3S/c1-15-10-11-6-8-17(9-7-11)14-16-12-4-2-3-5-13(12)18-14/h2-5,11,15H,6-10H2,1H3. The second-order valence-corrected chi connectivity index (χ2v) is 5.96. The van der Waals surface area contributed by atoms with Crippen LogP contribution in [0.3, 0.4) is 0 Å². The molecule has 1 aliphatic heterocycles. The van der Waals surface area contributed by atoms with Gasteiger partial charge in [0.15, 0.2) is 5.13 Å². The molecule has 2 heterocycles. The Morgan fingerprint density at radius 3 is 2.83 bits per heavy atom. The van der Waals surface area contributed by atoms with Crippen molar-refractivity contribution in [2.45, 2.75) is 12.8 Å². The number of rotatable bonds is 3. The van der Waals surface area contributed by atoms with E-state index in [0.29, 0.717) is 0 Å². The van der Waals surface area contributed by atoms with Crippen LogP contribution in [0.4, 0.5) is 5.13 Å². The number of aromatic nitrogens is 1. The molecule has 3 rings (SSSR count). The molecule has 0 saturated carbocycles. The third-order valence-corrected chi connectivity index (χ3v) is 4.76. The van der Waals surface area contributed by atoms with Gasteiger partial charge in [-0.3, -0.25) is 0 Å². The molecule has 0 atom stereocenters. The first-order valence-electron chi connectivity index (χ1n) is 6.62. The van der Waals surface area contributed by atoms with Crippen LogP contribution in [0.25, 0.3) is 10.2 Å². The molecule has 2 aromatic rings. The number of thiazole rings is 1. The summed E-state index contributed by atoms with van der Waals surface area (Å²) in [5, 5.41) is 4.48. The molecule has 18 heavy (non-hydrogen) atoms. The second kappa shape index (κ2) is 5.24. The fourth-order valence-corrected chi connectivity index (χ4v) is 3.63. The van der Waals surface area contributed by atoms with Gasteiger partial charge >= 0.3 is 0 Å². The minimum Gasteiger partial charge on any atom is -0.348 e. The van der Waals surface area contributed by atoms with Crippen molar-refractivity contribution in [3.8, 4) is 0 Å². The largest absolute Gasteiger partial charge is 0.348 e. The van der Waals surface area contributed by atoms with E-state index in [1.165, 1.54) is 22.7 Å². The molecule has 1 aliphatic rings. The number of nitrogens with one attached hydrogen (secondary N) is 1. The molecule has 1 saturated heterocycles. The molecule has 0 amide bonds. The Hall–Kier alpha value is -1.13. The maximum atomic E-state index is 4.74. The van der Waals surface area contributed by atoms with Gasteiger partial charge in [0.25, 0.3) is 0 Å². The lowest BCUT2D eigenvalue weighted by atomic mass is 9.97. The quantitative estimate of drug-likeness (QED) is 0.921. The number of hydrogen-bond donors (Lipinski definition) is 1. The van der Waals surface area contributed by atoms with E-state index >= 15 is 0 Å². The molecule has 1 aromatic heterocycles. The number of benzene rings is 1. The van der Waals surface area contributed by atoms with Crippen LogP contribution in [0.15, 0.2) is 24.3 Å². The number of hydrogen-bond acceptors (Lipinski definition) is 4. The highest BCUT2D eigenvalue weighted by atomic mass is 32.1. The zero-order chi connectivity index (χ0) is 12.4. The average molecular weight is 261 g/mol. The summed E-state index contributed by atoms with van der Waals surface area (Å²) in [5.41, 5.74) is 1.13. The predicted octanol–water partition coefficient (Wildman–Crippen LogP) is 2.73. The highest BCUT2D eigenvalue weighted by Gasteiger charge is 2.20. The molecule has 0 radical (unpaired) electrons. The first kappa shape index (κ1) is 11.9. The van der Waals surface area contributed by atoms with Gasteiger partial charge in [0.1, 0.15) is 0 Å². The number of para-hydroxylation sites is 1. The Bertz CT molecular complexity index is 481. The summed E-state index contributed by atoms with van der Waals surface area (Å²) >= 11 is 1.82. The average Bonchev–Trinajstić information content (AvgIpc) is 2.84. The Labute approximate surface area is 112 Å². The van der Waals surface area contributed by atoms with Gasteiger partial charge < -0.3 is 10.2 Å². The molecule has 0 bridgehead atoms. The normalized spacial score (nSPS) is 17.5. The molecule has 1 fully saturated rings. The molecule has 4 heteroatoms. The van der Waals surface area contributed by atoms with Crippen molar-refractivity contribution in [3.63, 3.8) is 0 Å². The van der Waals surface area contributed by atoms with Crippen molar-refractivity contribution >= 4 is 26.7 Å². The zero-order valence-corrected chi connectivity index (χ0v) is 11.5. The smallest absolute Gasteiger partial charge is 0.186 e. The minimum absolute atomic E-state index is 0.834. The molecule has 3 nitrogen and oxygen atoms in total. The van der Waals surface area contributed by atoms with Crippen LogP contribution >= 0.6 is 11.3 Å². The molecule has 0 spiro atoms. The van der Waals surface area contributed by atoms with Gasteiger partial charge in [-0.25, -0.2) is 4.98 Å². The van der Waals surface area contributed by atoms with Crippen LogP contribution in [-0.2, 0) is 0 Å². The van der Waals surface area contributed by atoms with E-state index in [0.717, 1.165) is 31.1 Å². The van der Waals surface area contributed by atoms with Gasteiger partial charge in [-0.2, -0.15) is 0 Å². The molecule has 1 N–H and O–H groups in total. The lowest BCUT2D eigenvalue weighted by Crippen LogP contribution is -2.36.